The zero-order valence-corrected chi connectivity index (χ0v) is 13.5. The molecule has 0 bridgehead atoms. The Kier molecular flexibility index (Phi) is 5.27. The highest BCUT2D eigenvalue weighted by atomic mass is 35.5. The molecule has 1 aliphatic heterocycles. The number of aromatic nitrogens is 2. The number of anilines is 1. The highest BCUT2D eigenvalue weighted by Crippen LogP contribution is 2.30. The third-order valence-corrected chi connectivity index (χ3v) is 4.04. The number of nitrogens with zero attached hydrogens (tertiary/aromatic N) is 4. The minimum Gasteiger partial charge on any atom is -0.452 e. The molecule has 3 rings (SSSR count). The first kappa shape index (κ1) is 16.0. The van der Waals surface area contributed by atoms with Crippen LogP contribution in [0.4, 0.5) is 5.82 Å². The molecule has 6 nitrogen and oxygen atoms in total. The molecule has 0 spiro atoms. The van der Waals surface area contributed by atoms with Crippen molar-refractivity contribution in [3.05, 3.63) is 41.8 Å². The SMILES string of the molecule is OCCN1CCN(c2ncncc2Oc2ccc(Cl)cc2)CC1. The predicted octanol–water partition coefficient (Wildman–Crippen LogP) is 2.04. The summed E-state index contributed by atoms with van der Waals surface area (Å²) in [6.45, 7) is 4.38. The molecule has 0 aliphatic carbocycles. The standard InChI is InChI=1S/C16H19ClN4O2/c17-13-1-3-14(4-2-13)23-15-11-18-12-19-16(15)21-7-5-20(6-8-21)9-10-22/h1-4,11-12,22H,5-10H2. The summed E-state index contributed by atoms with van der Waals surface area (Å²) < 4.78 is 5.91. The van der Waals surface area contributed by atoms with Crippen LogP contribution in [0.5, 0.6) is 11.5 Å². The highest BCUT2D eigenvalue weighted by Gasteiger charge is 2.21. The second-order valence-corrected chi connectivity index (χ2v) is 5.76. The lowest BCUT2D eigenvalue weighted by Gasteiger charge is -2.35. The number of ether oxygens (including phenoxy) is 1. The van der Waals surface area contributed by atoms with E-state index in [2.05, 4.69) is 19.8 Å². The molecular weight excluding hydrogens is 316 g/mol. The van der Waals surface area contributed by atoms with Crippen molar-refractivity contribution in [3.63, 3.8) is 0 Å². The third-order valence-electron chi connectivity index (χ3n) is 3.79. The van der Waals surface area contributed by atoms with Crippen molar-refractivity contribution in [3.8, 4) is 11.5 Å². The second kappa shape index (κ2) is 7.59. The first-order valence-corrected chi connectivity index (χ1v) is 7.95. The fourth-order valence-electron chi connectivity index (χ4n) is 2.57. The molecule has 0 atom stereocenters. The average Bonchev–Trinajstić information content (AvgIpc) is 2.59. The maximum absolute atomic E-state index is 9.02. The molecule has 0 saturated carbocycles. The summed E-state index contributed by atoms with van der Waals surface area (Å²) in [5, 5.41) is 9.69. The number of piperazine rings is 1. The number of hydrogen-bond donors (Lipinski definition) is 1. The Hall–Kier alpha value is -1.89. The maximum Gasteiger partial charge on any atom is 0.188 e. The Balaban J connectivity index is 1.72. The first-order valence-electron chi connectivity index (χ1n) is 7.58. The molecule has 1 aromatic heterocycles. The largest absolute Gasteiger partial charge is 0.452 e. The van der Waals surface area contributed by atoms with E-state index in [1.54, 1.807) is 18.3 Å². The molecule has 122 valence electrons. The Morgan fingerprint density at radius 2 is 1.87 bits per heavy atom. The van der Waals surface area contributed by atoms with Crippen LogP contribution in [0.25, 0.3) is 0 Å². The lowest BCUT2D eigenvalue weighted by atomic mass is 10.3. The van der Waals surface area contributed by atoms with Gasteiger partial charge in [0.2, 0.25) is 0 Å². The van der Waals surface area contributed by atoms with Crippen LogP contribution >= 0.6 is 11.6 Å². The minimum atomic E-state index is 0.193. The number of halogens is 1. The first-order chi connectivity index (χ1) is 11.3. The zero-order valence-electron chi connectivity index (χ0n) is 12.7. The van der Waals surface area contributed by atoms with E-state index in [9.17, 15) is 0 Å². The van der Waals surface area contributed by atoms with E-state index in [0.29, 0.717) is 23.1 Å². The Morgan fingerprint density at radius 1 is 1.13 bits per heavy atom. The molecule has 2 aromatic rings. The van der Waals surface area contributed by atoms with Crippen molar-refractivity contribution in [1.82, 2.24) is 14.9 Å². The van der Waals surface area contributed by atoms with Crippen molar-refractivity contribution < 1.29 is 9.84 Å². The average molecular weight is 335 g/mol. The monoisotopic (exact) mass is 334 g/mol. The van der Waals surface area contributed by atoms with Gasteiger partial charge in [-0.1, -0.05) is 11.6 Å². The number of hydrogen-bond acceptors (Lipinski definition) is 6. The van der Waals surface area contributed by atoms with Crippen molar-refractivity contribution in [2.45, 2.75) is 0 Å². The molecule has 23 heavy (non-hydrogen) atoms. The summed E-state index contributed by atoms with van der Waals surface area (Å²) in [5.41, 5.74) is 0. The van der Waals surface area contributed by atoms with Gasteiger partial charge in [-0.25, -0.2) is 9.97 Å². The number of aliphatic hydroxyl groups is 1. The van der Waals surface area contributed by atoms with Crippen molar-refractivity contribution in [1.29, 1.82) is 0 Å². The molecule has 7 heteroatoms. The number of rotatable bonds is 5. The van der Waals surface area contributed by atoms with Gasteiger partial charge in [-0.15, -0.1) is 0 Å². The van der Waals surface area contributed by atoms with Crippen LogP contribution in [0.2, 0.25) is 5.02 Å². The predicted molar refractivity (Wildman–Crippen MR) is 89.3 cm³/mol. The number of β-amino-alcohol motifs (C(OH)–C–C–N with tert-alkyl or cyclic N) is 1. The summed E-state index contributed by atoms with van der Waals surface area (Å²) in [7, 11) is 0. The smallest absolute Gasteiger partial charge is 0.188 e. The van der Waals surface area contributed by atoms with Gasteiger partial charge in [-0.05, 0) is 24.3 Å². The zero-order chi connectivity index (χ0) is 16.1. The summed E-state index contributed by atoms with van der Waals surface area (Å²) in [6, 6.07) is 7.21. The van der Waals surface area contributed by atoms with Gasteiger partial charge >= 0.3 is 0 Å². The van der Waals surface area contributed by atoms with Gasteiger partial charge in [0.25, 0.3) is 0 Å². The maximum atomic E-state index is 9.02. The summed E-state index contributed by atoms with van der Waals surface area (Å²) >= 11 is 5.90. The van der Waals surface area contributed by atoms with E-state index >= 15 is 0 Å². The van der Waals surface area contributed by atoms with Crippen LogP contribution in [-0.4, -0.2) is 59.3 Å². The Bertz CT molecular complexity index is 630. The van der Waals surface area contributed by atoms with Crippen molar-refractivity contribution in [2.75, 3.05) is 44.2 Å². The molecular formula is C16H19ClN4O2. The fourth-order valence-corrected chi connectivity index (χ4v) is 2.70. The minimum absolute atomic E-state index is 0.193. The van der Waals surface area contributed by atoms with Crippen LogP contribution in [0.1, 0.15) is 0 Å². The quantitative estimate of drug-likeness (QED) is 0.903. The summed E-state index contributed by atoms with van der Waals surface area (Å²) in [4.78, 5) is 12.9. The van der Waals surface area contributed by atoms with E-state index in [-0.39, 0.29) is 6.61 Å². The summed E-state index contributed by atoms with van der Waals surface area (Å²) in [6.07, 6.45) is 3.21. The van der Waals surface area contributed by atoms with Crippen LogP contribution in [0.15, 0.2) is 36.8 Å². The van der Waals surface area contributed by atoms with Gasteiger partial charge in [0, 0.05) is 37.7 Å². The normalized spacial score (nSPS) is 15.7. The molecule has 2 heterocycles. The van der Waals surface area contributed by atoms with Crippen LogP contribution < -0.4 is 9.64 Å². The summed E-state index contributed by atoms with van der Waals surface area (Å²) in [5.74, 6) is 2.12. The van der Waals surface area contributed by atoms with Crippen LogP contribution in [-0.2, 0) is 0 Å². The Morgan fingerprint density at radius 3 is 2.57 bits per heavy atom. The lowest BCUT2D eigenvalue weighted by Crippen LogP contribution is -2.47. The molecule has 0 amide bonds. The van der Waals surface area contributed by atoms with E-state index in [1.165, 1.54) is 6.33 Å². The molecule has 1 aromatic carbocycles. The molecule has 1 fully saturated rings. The third kappa shape index (κ3) is 4.10. The molecule has 0 radical (unpaired) electrons. The molecule has 1 aliphatic rings. The van der Waals surface area contributed by atoms with Crippen LogP contribution in [0, 0.1) is 0 Å². The number of benzene rings is 1. The molecule has 1 saturated heterocycles. The van der Waals surface area contributed by atoms with Gasteiger partial charge < -0.3 is 14.7 Å². The molecule has 1 N–H and O–H groups in total. The lowest BCUT2D eigenvalue weighted by molar-refractivity contribution is 0.188. The highest BCUT2D eigenvalue weighted by molar-refractivity contribution is 6.30. The van der Waals surface area contributed by atoms with E-state index in [0.717, 1.165) is 32.0 Å². The van der Waals surface area contributed by atoms with Crippen LogP contribution in [0.3, 0.4) is 0 Å². The van der Waals surface area contributed by atoms with Gasteiger partial charge in [0.05, 0.1) is 12.8 Å². The van der Waals surface area contributed by atoms with E-state index < -0.39 is 0 Å². The fraction of sp³-hybridized carbons (Fsp3) is 0.375. The van der Waals surface area contributed by atoms with E-state index in [4.69, 9.17) is 21.4 Å². The van der Waals surface area contributed by atoms with Gasteiger partial charge in [0.1, 0.15) is 12.1 Å². The van der Waals surface area contributed by atoms with E-state index in [1.807, 2.05) is 12.1 Å². The van der Waals surface area contributed by atoms with Gasteiger partial charge in [-0.3, -0.25) is 4.90 Å². The van der Waals surface area contributed by atoms with Crippen molar-refractivity contribution >= 4 is 17.4 Å². The van der Waals surface area contributed by atoms with Gasteiger partial charge in [0.15, 0.2) is 11.6 Å². The Labute approximate surface area is 140 Å². The topological polar surface area (TPSA) is 61.7 Å². The van der Waals surface area contributed by atoms with Gasteiger partial charge in [-0.2, -0.15) is 0 Å². The van der Waals surface area contributed by atoms with Crippen molar-refractivity contribution in [2.24, 2.45) is 0 Å². The molecule has 0 unspecified atom stereocenters. The second-order valence-electron chi connectivity index (χ2n) is 5.32. The number of aliphatic hydroxyl groups excluding tert-OH is 1.